The Morgan fingerprint density at radius 1 is 1.33 bits per heavy atom. The van der Waals surface area contributed by atoms with Crippen molar-refractivity contribution in [1.29, 1.82) is 0 Å². The molecule has 1 amide bonds. The van der Waals surface area contributed by atoms with Crippen molar-refractivity contribution >= 4 is 39.2 Å². The van der Waals surface area contributed by atoms with Crippen molar-refractivity contribution in [2.24, 2.45) is 5.92 Å². The van der Waals surface area contributed by atoms with E-state index in [1.807, 2.05) is 4.57 Å². The zero-order chi connectivity index (χ0) is 21.1. The summed E-state index contributed by atoms with van der Waals surface area (Å²) in [4.78, 5) is 32.8. The minimum absolute atomic E-state index is 0.0364. The fourth-order valence-electron chi connectivity index (χ4n) is 4.13. The maximum absolute atomic E-state index is 13.4. The largest absolute Gasteiger partial charge is 0.376 e. The van der Waals surface area contributed by atoms with Crippen LogP contribution in [0.4, 0.5) is 0 Å². The van der Waals surface area contributed by atoms with E-state index in [0.29, 0.717) is 24.2 Å². The van der Waals surface area contributed by atoms with Crippen LogP contribution in [0.15, 0.2) is 9.95 Å². The summed E-state index contributed by atoms with van der Waals surface area (Å²) in [5.74, 6) is 0.722. The molecule has 2 aliphatic rings. The molecule has 4 rings (SSSR count). The van der Waals surface area contributed by atoms with Gasteiger partial charge < -0.3 is 10.1 Å². The average molecular weight is 450 g/mol. The smallest absolute Gasteiger partial charge is 0.263 e. The number of ether oxygens (including phenoxy) is 1. The van der Waals surface area contributed by atoms with E-state index < -0.39 is 0 Å². The van der Waals surface area contributed by atoms with Gasteiger partial charge in [0, 0.05) is 24.6 Å². The number of carbonyl (C=O) groups is 1. The monoisotopic (exact) mass is 449 g/mol. The highest BCUT2D eigenvalue weighted by atomic mass is 32.2. The van der Waals surface area contributed by atoms with Gasteiger partial charge in [-0.25, -0.2) is 4.98 Å². The Hall–Kier alpha value is -1.38. The van der Waals surface area contributed by atoms with Crippen molar-refractivity contribution in [1.82, 2.24) is 14.9 Å². The molecule has 1 aliphatic carbocycles. The summed E-state index contributed by atoms with van der Waals surface area (Å²) in [6.07, 6.45) is 7.48. The van der Waals surface area contributed by atoms with E-state index in [1.165, 1.54) is 28.6 Å². The summed E-state index contributed by atoms with van der Waals surface area (Å²) in [6, 6.07) is 0. The first-order chi connectivity index (χ1) is 14.5. The van der Waals surface area contributed by atoms with Crippen molar-refractivity contribution in [2.75, 3.05) is 18.9 Å². The lowest BCUT2D eigenvalue weighted by molar-refractivity contribution is -0.119. The summed E-state index contributed by atoms with van der Waals surface area (Å²) < 4.78 is 7.37. The molecule has 0 unspecified atom stereocenters. The summed E-state index contributed by atoms with van der Waals surface area (Å²) in [5, 5.41) is 4.45. The summed E-state index contributed by atoms with van der Waals surface area (Å²) in [7, 11) is 0. The molecule has 3 heterocycles. The molecular formula is C22H31N3O3S2. The number of nitrogens with one attached hydrogen (secondary N) is 1. The van der Waals surface area contributed by atoms with Gasteiger partial charge in [0.05, 0.1) is 17.2 Å². The second-order valence-electron chi connectivity index (χ2n) is 8.65. The van der Waals surface area contributed by atoms with Crippen molar-refractivity contribution < 1.29 is 9.53 Å². The van der Waals surface area contributed by atoms with Gasteiger partial charge >= 0.3 is 0 Å². The third-order valence-corrected chi connectivity index (χ3v) is 8.02. The first-order valence-corrected chi connectivity index (χ1v) is 12.9. The molecule has 1 fully saturated rings. The zero-order valence-corrected chi connectivity index (χ0v) is 19.5. The van der Waals surface area contributed by atoms with Crippen molar-refractivity contribution in [2.45, 2.75) is 76.6 Å². The molecule has 6 nitrogen and oxygen atoms in total. The van der Waals surface area contributed by atoms with Crippen LogP contribution in [0, 0.1) is 5.92 Å². The molecule has 0 aromatic carbocycles. The van der Waals surface area contributed by atoms with Gasteiger partial charge in [-0.2, -0.15) is 0 Å². The van der Waals surface area contributed by atoms with Gasteiger partial charge in [0.25, 0.3) is 5.56 Å². The molecule has 1 N–H and O–H groups in total. The topological polar surface area (TPSA) is 73.2 Å². The van der Waals surface area contributed by atoms with Crippen molar-refractivity contribution in [3.05, 3.63) is 20.8 Å². The minimum atomic E-state index is -0.0364. The van der Waals surface area contributed by atoms with Crippen LogP contribution < -0.4 is 10.9 Å². The number of nitrogens with zero attached hydrogens (tertiary/aromatic N) is 2. The number of amides is 1. The van der Waals surface area contributed by atoms with E-state index >= 15 is 0 Å². The second kappa shape index (κ2) is 9.83. The van der Waals surface area contributed by atoms with Gasteiger partial charge in [0.1, 0.15) is 4.83 Å². The Morgan fingerprint density at radius 2 is 2.17 bits per heavy atom. The molecule has 1 atom stereocenters. The number of aryl methyl sites for hydroxylation is 2. The van der Waals surface area contributed by atoms with Crippen molar-refractivity contribution in [3.8, 4) is 0 Å². The highest BCUT2D eigenvalue weighted by molar-refractivity contribution is 7.99. The summed E-state index contributed by atoms with van der Waals surface area (Å²) in [6.45, 7) is 6.31. The SMILES string of the molecule is CC(C)CCn1c(SCC(=O)NC[C@@H]2CCCO2)nc2sc3c(c2c1=O)CCCC3. The molecule has 0 saturated carbocycles. The highest BCUT2D eigenvalue weighted by Gasteiger charge is 2.23. The zero-order valence-electron chi connectivity index (χ0n) is 17.9. The average Bonchev–Trinajstić information content (AvgIpc) is 3.37. The summed E-state index contributed by atoms with van der Waals surface area (Å²) >= 11 is 3.04. The maximum Gasteiger partial charge on any atom is 0.263 e. The van der Waals surface area contributed by atoms with Crippen molar-refractivity contribution in [3.63, 3.8) is 0 Å². The van der Waals surface area contributed by atoms with E-state index in [1.54, 1.807) is 11.3 Å². The molecule has 164 valence electrons. The molecule has 2 aromatic rings. The highest BCUT2D eigenvalue weighted by Crippen LogP contribution is 2.34. The lowest BCUT2D eigenvalue weighted by Gasteiger charge is -2.15. The van der Waals surface area contributed by atoms with Gasteiger partial charge in [-0.3, -0.25) is 14.2 Å². The quantitative estimate of drug-likeness (QED) is 0.491. The molecule has 1 aliphatic heterocycles. The predicted octanol–water partition coefficient (Wildman–Crippen LogP) is 3.77. The van der Waals surface area contributed by atoms with Crippen LogP contribution in [0.3, 0.4) is 0 Å². The van der Waals surface area contributed by atoms with Crippen LogP contribution in [0.25, 0.3) is 10.2 Å². The Kier molecular flexibility index (Phi) is 7.16. The van der Waals surface area contributed by atoms with Crippen LogP contribution in [0.1, 0.15) is 56.4 Å². The third-order valence-electron chi connectivity index (χ3n) is 5.85. The second-order valence-corrected chi connectivity index (χ2v) is 10.7. The number of carbonyl (C=O) groups excluding carboxylic acids is 1. The number of rotatable bonds is 8. The molecule has 8 heteroatoms. The summed E-state index contributed by atoms with van der Waals surface area (Å²) in [5.41, 5.74) is 1.30. The van der Waals surface area contributed by atoms with Crippen LogP contribution in [-0.2, 0) is 28.9 Å². The third kappa shape index (κ3) is 4.92. The van der Waals surface area contributed by atoms with Gasteiger partial charge in [0.2, 0.25) is 5.91 Å². The Balaban J connectivity index is 1.54. The first-order valence-electron chi connectivity index (χ1n) is 11.1. The standard InChI is InChI=1S/C22H31N3O3S2/c1-14(2)9-10-25-21(27)19-16-7-3-4-8-17(16)30-20(19)24-22(25)29-13-18(26)23-12-15-6-5-11-28-15/h14-15H,3-13H2,1-2H3,(H,23,26)/t15-/m0/s1. The Morgan fingerprint density at radius 3 is 2.93 bits per heavy atom. The molecular weight excluding hydrogens is 418 g/mol. The fourth-order valence-corrected chi connectivity index (χ4v) is 6.29. The Labute approximate surface area is 185 Å². The predicted molar refractivity (Wildman–Crippen MR) is 123 cm³/mol. The number of fused-ring (bicyclic) bond motifs is 3. The Bertz CT molecular complexity index is 961. The minimum Gasteiger partial charge on any atom is -0.376 e. The fraction of sp³-hybridized carbons (Fsp3) is 0.682. The van der Waals surface area contributed by atoms with Crippen LogP contribution >= 0.6 is 23.1 Å². The van der Waals surface area contributed by atoms with Gasteiger partial charge in [0.15, 0.2) is 5.16 Å². The van der Waals surface area contributed by atoms with E-state index in [0.717, 1.165) is 55.3 Å². The van der Waals surface area contributed by atoms with Gasteiger partial charge in [-0.15, -0.1) is 11.3 Å². The molecule has 1 saturated heterocycles. The molecule has 0 spiro atoms. The maximum atomic E-state index is 13.4. The van der Waals surface area contributed by atoms with Gasteiger partial charge in [-0.1, -0.05) is 25.6 Å². The number of thiophene rings is 1. The van der Waals surface area contributed by atoms with Gasteiger partial charge in [-0.05, 0) is 56.4 Å². The normalized spacial score (nSPS) is 18.8. The molecule has 0 radical (unpaired) electrons. The van der Waals surface area contributed by atoms with E-state index in [-0.39, 0.29) is 23.3 Å². The van der Waals surface area contributed by atoms with Crippen LogP contribution in [-0.4, -0.2) is 40.5 Å². The molecule has 0 bridgehead atoms. The lowest BCUT2D eigenvalue weighted by atomic mass is 9.97. The number of hydrogen-bond donors (Lipinski definition) is 1. The number of aromatic nitrogens is 2. The van der Waals surface area contributed by atoms with E-state index in [9.17, 15) is 9.59 Å². The van der Waals surface area contributed by atoms with E-state index in [4.69, 9.17) is 9.72 Å². The first kappa shape index (κ1) is 21.8. The van der Waals surface area contributed by atoms with E-state index in [2.05, 4.69) is 19.2 Å². The lowest BCUT2D eigenvalue weighted by Crippen LogP contribution is -2.33. The molecule has 30 heavy (non-hydrogen) atoms. The van der Waals surface area contributed by atoms with Crippen LogP contribution in [0.5, 0.6) is 0 Å². The number of hydrogen-bond acceptors (Lipinski definition) is 6. The molecule has 2 aromatic heterocycles. The number of thioether (sulfide) groups is 1. The van der Waals surface area contributed by atoms with Crippen LogP contribution in [0.2, 0.25) is 0 Å².